The Bertz CT molecular complexity index is 1820. The van der Waals surface area contributed by atoms with Crippen molar-refractivity contribution >= 4 is 17.7 Å². The second-order valence-corrected chi connectivity index (χ2v) is 20.9. The van der Waals surface area contributed by atoms with Crippen molar-refractivity contribution in [3.63, 3.8) is 0 Å². The minimum absolute atomic E-state index is 0.0581. The zero-order valence-corrected chi connectivity index (χ0v) is 42.8. The van der Waals surface area contributed by atoms with E-state index in [9.17, 15) is 34.8 Å². The number of aryl methyl sites for hydroxylation is 1. The van der Waals surface area contributed by atoms with E-state index in [2.05, 4.69) is 17.4 Å². The third-order valence-electron chi connectivity index (χ3n) is 15.7. The highest BCUT2D eigenvalue weighted by molar-refractivity contribution is 5.83. The minimum Gasteiger partial charge on any atom is -0.459 e. The van der Waals surface area contributed by atoms with E-state index in [1.165, 1.54) is 26.7 Å². The largest absolute Gasteiger partial charge is 0.459 e. The van der Waals surface area contributed by atoms with Crippen LogP contribution in [0.15, 0.2) is 24.3 Å². The van der Waals surface area contributed by atoms with E-state index < -0.39 is 114 Å². The maximum Gasteiger partial charge on any atom is 0.311 e. The molecule has 3 aliphatic heterocycles. The molecule has 17 heteroatoms. The monoisotopic (exact) mass is 965 g/mol. The third kappa shape index (κ3) is 12.7. The number of carbonyl (C=O) groups is 3. The topological polar surface area (TPSA) is 221 Å². The number of ether oxygens (including phenoxy) is 8. The van der Waals surface area contributed by atoms with Crippen molar-refractivity contribution in [3.05, 3.63) is 35.4 Å². The van der Waals surface area contributed by atoms with Crippen molar-refractivity contribution in [1.82, 2.24) is 10.2 Å². The van der Waals surface area contributed by atoms with E-state index >= 15 is 0 Å². The standard InChI is InChI=1S/C51H84N2O15/c1-14-38-51(10,60)44(57)30(4)41(55)28(2)25-50(9,62-13)46(31(5)43(32(6)47(59)66-38)67-40-26-49(8,61-12)45(58)33(7)65-40)68-48-42(56)36(24-29(3)64-48)53(11)23-22-52-39(54)27-63-37-21-17-19-34-18-15-16-20-35(34)37/h15-16,18,20,28-33,36-38,40,42-46,48,56-58,60H,14,17,19,21-27H2,1-13H3,(H,52,54)/t28-,29-,30+,31+,32-,33+,36+,37+,38-,40+,42-,43+,44-,45+,46-,48+,49-,50-,51-/m1/s1. The zero-order chi connectivity index (χ0) is 50.5. The van der Waals surface area contributed by atoms with E-state index in [0.29, 0.717) is 19.5 Å². The number of ketones is 1. The first-order valence-corrected chi connectivity index (χ1v) is 24.8. The van der Waals surface area contributed by atoms with Crippen LogP contribution in [0.3, 0.4) is 0 Å². The average Bonchev–Trinajstić information content (AvgIpc) is 3.31. The van der Waals surface area contributed by atoms with Gasteiger partial charge in [0, 0.05) is 57.5 Å². The Labute approximate surface area is 404 Å². The number of hydrogen-bond donors (Lipinski definition) is 5. The Kier molecular flexibility index (Phi) is 19.6. The Balaban J connectivity index is 1.42. The maximum atomic E-state index is 14.4. The van der Waals surface area contributed by atoms with Gasteiger partial charge in [-0.1, -0.05) is 52.0 Å². The minimum atomic E-state index is -2.00. The van der Waals surface area contributed by atoms with E-state index in [-0.39, 0.29) is 43.7 Å². The molecule has 1 amide bonds. The predicted molar refractivity (Wildman–Crippen MR) is 251 cm³/mol. The van der Waals surface area contributed by atoms with Crippen LogP contribution in [-0.4, -0.2) is 168 Å². The summed E-state index contributed by atoms with van der Waals surface area (Å²) in [5.74, 6) is -5.00. The number of hydrogen-bond acceptors (Lipinski definition) is 16. The summed E-state index contributed by atoms with van der Waals surface area (Å²) in [4.78, 5) is 43.6. The van der Waals surface area contributed by atoms with E-state index in [4.69, 9.17) is 37.9 Å². The van der Waals surface area contributed by atoms with Crippen molar-refractivity contribution in [2.24, 2.45) is 23.7 Å². The number of methoxy groups -OCH3 is 2. The number of amides is 1. The second kappa shape index (κ2) is 23.7. The van der Waals surface area contributed by atoms with Gasteiger partial charge in [-0.05, 0) is 98.2 Å². The van der Waals surface area contributed by atoms with Crippen LogP contribution in [0.5, 0.6) is 0 Å². The van der Waals surface area contributed by atoms with Gasteiger partial charge < -0.3 is 63.6 Å². The summed E-state index contributed by atoms with van der Waals surface area (Å²) in [6.07, 6.45) is -7.01. The number of likely N-dealkylation sites (N-methyl/N-ethyl adjacent to an activating group) is 1. The summed E-state index contributed by atoms with van der Waals surface area (Å²) < 4.78 is 50.7. The van der Waals surface area contributed by atoms with Crippen molar-refractivity contribution in [2.75, 3.05) is 41.0 Å². The zero-order valence-electron chi connectivity index (χ0n) is 42.8. The molecule has 68 heavy (non-hydrogen) atoms. The van der Waals surface area contributed by atoms with Crippen LogP contribution in [0, 0.1) is 23.7 Å². The lowest BCUT2D eigenvalue weighted by molar-refractivity contribution is -0.319. The molecule has 5 N–H and O–H groups in total. The van der Waals surface area contributed by atoms with Crippen molar-refractivity contribution in [1.29, 1.82) is 0 Å². The normalized spacial score (nSPS) is 42.2. The SMILES string of the molecule is CC[C@H]1OC(=O)[C@H](C)[C@@H](O[C@H]2C[C@@](C)(OC)[C@@H](O)[C@H](C)O2)[C@H](C)[C@@H](O[C@@H]2O[C@H](C)C[C@H](N(C)CCNC(=O)CO[C@H]3CCCc4ccccc43)[C@H]2O)[C@](C)(OC)C[C@@H](C)C(=O)[C@H](C)[C@@H](O)[C@]1(C)O. The molecule has 3 saturated heterocycles. The number of nitrogens with zero attached hydrogens (tertiary/aromatic N) is 1. The molecule has 0 unspecified atom stereocenters. The number of aliphatic hydroxyl groups excluding tert-OH is 3. The number of benzene rings is 1. The molecule has 1 aromatic rings. The molecule has 17 nitrogen and oxygen atoms in total. The van der Waals surface area contributed by atoms with Crippen LogP contribution in [0.1, 0.15) is 125 Å². The number of carbonyl (C=O) groups excluding carboxylic acids is 3. The summed E-state index contributed by atoms with van der Waals surface area (Å²) in [7, 11) is 4.86. The Hall–Kier alpha value is -2.65. The fourth-order valence-electron chi connectivity index (χ4n) is 11.2. The first-order chi connectivity index (χ1) is 31.9. The molecule has 3 heterocycles. The van der Waals surface area contributed by atoms with Gasteiger partial charge in [0.05, 0.1) is 53.7 Å². The van der Waals surface area contributed by atoms with Crippen LogP contribution in [0.2, 0.25) is 0 Å². The quantitative estimate of drug-likeness (QED) is 0.166. The number of nitrogens with one attached hydrogen (secondary N) is 1. The Morgan fingerprint density at radius 1 is 0.912 bits per heavy atom. The number of fused-ring (bicyclic) bond motifs is 1. The molecule has 0 saturated carbocycles. The lowest BCUT2D eigenvalue weighted by atomic mass is 9.74. The van der Waals surface area contributed by atoms with Gasteiger partial charge in [-0.15, -0.1) is 0 Å². The van der Waals surface area contributed by atoms with Gasteiger partial charge >= 0.3 is 5.97 Å². The second-order valence-electron chi connectivity index (χ2n) is 20.9. The molecule has 0 spiro atoms. The summed E-state index contributed by atoms with van der Waals surface area (Å²) in [6.45, 7) is 17.6. The molecule has 0 radical (unpaired) electrons. The van der Waals surface area contributed by atoms with Crippen LogP contribution >= 0.6 is 0 Å². The highest BCUT2D eigenvalue weighted by atomic mass is 16.7. The molecule has 4 aliphatic rings. The summed E-state index contributed by atoms with van der Waals surface area (Å²) in [6, 6.07) is 7.70. The number of rotatable bonds is 14. The summed E-state index contributed by atoms with van der Waals surface area (Å²) >= 11 is 0. The van der Waals surface area contributed by atoms with Crippen molar-refractivity contribution < 1.29 is 72.7 Å². The molecule has 5 rings (SSSR count). The van der Waals surface area contributed by atoms with E-state index in [0.717, 1.165) is 24.8 Å². The summed E-state index contributed by atoms with van der Waals surface area (Å²) in [5.41, 5.74) is -2.02. The fourth-order valence-corrected chi connectivity index (χ4v) is 11.2. The average molecular weight is 965 g/mol. The van der Waals surface area contributed by atoms with Gasteiger partial charge in [0.15, 0.2) is 12.6 Å². The molecule has 0 bridgehead atoms. The first-order valence-electron chi connectivity index (χ1n) is 24.8. The van der Waals surface area contributed by atoms with E-state index in [1.54, 1.807) is 48.5 Å². The van der Waals surface area contributed by atoms with Crippen LogP contribution in [0.25, 0.3) is 0 Å². The number of esters is 1. The molecule has 388 valence electrons. The van der Waals surface area contributed by atoms with Crippen molar-refractivity contribution in [3.8, 4) is 0 Å². The molecular formula is C51H84N2O15. The van der Waals surface area contributed by atoms with Gasteiger partial charge in [0.1, 0.15) is 36.3 Å². The molecule has 1 aliphatic carbocycles. The number of Topliss-reactive ketones (excluding diaryl/α,β-unsaturated/α-hetero) is 1. The van der Waals surface area contributed by atoms with Gasteiger partial charge in [-0.3, -0.25) is 19.3 Å². The predicted octanol–water partition coefficient (Wildman–Crippen LogP) is 4.02. The first kappa shape index (κ1) is 56.3. The third-order valence-corrected chi connectivity index (χ3v) is 15.7. The smallest absolute Gasteiger partial charge is 0.311 e. The molecule has 3 fully saturated rings. The van der Waals surface area contributed by atoms with Crippen molar-refractivity contribution in [2.45, 2.75) is 205 Å². The maximum absolute atomic E-state index is 14.4. The lowest BCUT2D eigenvalue weighted by Gasteiger charge is -2.50. The molecular weight excluding hydrogens is 881 g/mol. The number of cyclic esters (lactones) is 1. The molecule has 19 atom stereocenters. The van der Waals surface area contributed by atoms with Gasteiger partial charge in [-0.2, -0.15) is 0 Å². The van der Waals surface area contributed by atoms with Crippen LogP contribution in [0.4, 0.5) is 0 Å². The lowest BCUT2D eigenvalue weighted by Crippen LogP contribution is -2.62. The van der Waals surface area contributed by atoms with Crippen LogP contribution < -0.4 is 5.32 Å². The summed E-state index contributed by atoms with van der Waals surface area (Å²) in [5, 5.41) is 49.6. The Morgan fingerprint density at radius 3 is 2.25 bits per heavy atom. The Morgan fingerprint density at radius 2 is 1.59 bits per heavy atom. The van der Waals surface area contributed by atoms with Gasteiger partial charge in [-0.25, -0.2) is 0 Å². The van der Waals surface area contributed by atoms with Gasteiger partial charge in [0.25, 0.3) is 0 Å². The van der Waals surface area contributed by atoms with E-state index in [1.807, 2.05) is 37.9 Å². The number of aliphatic hydroxyl groups is 4. The highest BCUT2D eigenvalue weighted by Gasteiger charge is 2.54. The fraction of sp³-hybridized carbons (Fsp3) is 0.824. The van der Waals surface area contributed by atoms with Crippen LogP contribution in [-0.2, 0) is 58.7 Å². The molecule has 1 aromatic carbocycles. The molecule has 0 aromatic heterocycles. The highest BCUT2D eigenvalue weighted by Crippen LogP contribution is 2.42. The van der Waals surface area contributed by atoms with Gasteiger partial charge in [0.2, 0.25) is 5.91 Å².